The number of nitro groups is 1. The van der Waals surface area contributed by atoms with Gasteiger partial charge in [-0.1, -0.05) is 0 Å². The molecule has 0 spiro atoms. The predicted molar refractivity (Wildman–Crippen MR) is 71.9 cm³/mol. The van der Waals surface area contributed by atoms with Gasteiger partial charge in [-0.15, -0.1) is 0 Å². The average molecular weight is 275 g/mol. The number of ether oxygens (including phenoxy) is 1. The molecule has 0 saturated heterocycles. The van der Waals surface area contributed by atoms with E-state index in [1.807, 2.05) is 0 Å². The van der Waals surface area contributed by atoms with Gasteiger partial charge in [0.2, 0.25) is 0 Å². The summed E-state index contributed by atoms with van der Waals surface area (Å²) in [6, 6.07) is 2.91. The van der Waals surface area contributed by atoms with Crippen LogP contribution in [0.4, 0.5) is 5.69 Å². The molecule has 0 aromatic carbocycles. The molecule has 7 heteroatoms. The molecule has 0 amide bonds. The smallest absolute Gasteiger partial charge is 0.294 e. The van der Waals surface area contributed by atoms with Gasteiger partial charge in [0, 0.05) is 18.0 Å². The van der Waals surface area contributed by atoms with Crippen LogP contribution in [0.1, 0.15) is 12.8 Å². The molecule has 0 atom stereocenters. The summed E-state index contributed by atoms with van der Waals surface area (Å²) >= 11 is 0. The lowest BCUT2D eigenvalue weighted by molar-refractivity contribution is -0.385. The molecule has 0 N–H and O–H groups in total. The van der Waals surface area contributed by atoms with Gasteiger partial charge in [-0.05, 0) is 24.8 Å². The van der Waals surface area contributed by atoms with Crippen LogP contribution in [0.2, 0.25) is 0 Å². The number of methoxy groups -OCH3 is 1. The summed E-state index contributed by atoms with van der Waals surface area (Å²) in [5, 5.41) is 11.3. The zero-order valence-corrected chi connectivity index (χ0v) is 10.9. The Morgan fingerprint density at radius 2 is 2.25 bits per heavy atom. The highest BCUT2D eigenvalue weighted by molar-refractivity contribution is 5.78. The zero-order chi connectivity index (χ0) is 14.3. The van der Waals surface area contributed by atoms with Gasteiger partial charge in [0.25, 0.3) is 11.2 Å². The SMILES string of the molecule is COc1cc2cc([N+](=O)[O-])cnc2n(CC2CC2)c1=O. The highest BCUT2D eigenvalue weighted by Gasteiger charge is 2.24. The van der Waals surface area contributed by atoms with Gasteiger partial charge in [-0.3, -0.25) is 19.5 Å². The van der Waals surface area contributed by atoms with E-state index in [1.165, 1.54) is 25.4 Å². The van der Waals surface area contributed by atoms with E-state index in [0.717, 1.165) is 12.8 Å². The normalized spacial score (nSPS) is 14.4. The largest absolute Gasteiger partial charge is 0.491 e. The molecular formula is C13H13N3O4. The standard InChI is InChI=1S/C13H13N3O4/c1-20-11-5-9-4-10(16(18)19)6-14-12(9)15(13(11)17)7-8-2-3-8/h4-6,8H,2-3,7H2,1H3. The first-order valence-corrected chi connectivity index (χ1v) is 6.32. The lowest BCUT2D eigenvalue weighted by atomic mass is 10.2. The Morgan fingerprint density at radius 3 is 2.85 bits per heavy atom. The van der Waals surface area contributed by atoms with Gasteiger partial charge in [-0.25, -0.2) is 4.98 Å². The van der Waals surface area contributed by atoms with Crippen LogP contribution in [0.3, 0.4) is 0 Å². The number of hydrogen-bond donors (Lipinski definition) is 0. The van der Waals surface area contributed by atoms with Crippen molar-refractivity contribution >= 4 is 16.7 Å². The van der Waals surface area contributed by atoms with Crippen LogP contribution in [0.5, 0.6) is 5.75 Å². The van der Waals surface area contributed by atoms with Gasteiger partial charge < -0.3 is 4.74 Å². The van der Waals surface area contributed by atoms with Gasteiger partial charge >= 0.3 is 0 Å². The number of pyridine rings is 2. The number of fused-ring (bicyclic) bond motifs is 1. The summed E-state index contributed by atoms with van der Waals surface area (Å²) in [4.78, 5) is 26.6. The van der Waals surface area contributed by atoms with E-state index in [1.54, 1.807) is 4.57 Å². The van der Waals surface area contributed by atoms with Crippen LogP contribution in [-0.4, -0.2) is 21.6 Å². The number of rotatable bonds is 4. The fourth-order valence-electron chi connectivity index (χ4n) is 2.20. The first-order valence-electron chi connectivity index (χ1n) is 6.32. The summed E-state index contributed by atoms with van der Waals surface area (Å²) < 4.78 is 6.62. The number of nitrogens with zero attached hydrogens (tertiary/aromatic N) is 3. The fourth-order valence-corrected chi connectivity index (χ4v) is 2.20. The molecule has 1 aliphatic carbocycles. The van der Waals surface area contributed by atoms with Crippen molar-refractivity contribution in [2.45, 2.75) is 19.4 Å². The van der Waals surface area contributed by atoms with E-state index < -0.39 is 4.92 Å². The van der Waals surface area contributed by atoms with E-state index in [9.17, 15) is 14.9 Å². The molecule has 7 nitrogen and oxygen atoms in total. The van der Waals surface area contributed by atoms with Gasteiger partial charge in [0.15, 0.2) is 5.75 Å². The molecule has 20 heavy (non-hydrogen) atoms. The van der Waals surface area contributed by atoms with E-state index in [2.05, 4.69) is 4.98 Å². The van der Waals surface area contributed by atoms with Crippen molar-refractivity contribution in [3.05, 3.63) is 38.8 Å². The second-order valence-electron chi connectivity index (χ2n) is 4.94. The zero-order valence-electron chi connectivity index (χ0n) is 10.9. The van der Waals surface area contributed by atoms with Crippen LogP contribution in [0.15, 0.2) is 23.1 Å². The highest BCUT2D eigenvalue weighted by atomic mass is 16.6. The van der Waals surface area contributed by atoms with Crippen molar-refractivity contribution < 1.29 is 9.66 Å². The van der Waals surface area contributed by atoms with Crippen molar-refractivity contribution in [3.8, 4) is 5.75 Å². The van der Waals surface area contributed by atoms with Crippen LogP contribution >= 0.6 is 0 Å². The maximum absolute atomic E-state index is 12.3. The lowest BCUT2D eigenvalue weighted by Gasteiger charge is -2.10. The van der Waals surface area contributed by atoms with Crippen molar-refractivity contribution in [2.24, 2.45) is 5.92 Å². The Labute approximate surface area is 114 Å². The maximum atomic E-state index is 12.3. The minimum Gasteiger partial charge on any atom is -0.491 e. The third kappa shape index (κ3) is 2.11. The Bertz CT molecular complexity index is 749. The summed E-state index contributed by atoms with van der Waals surface area (Å²) in [7, 11) is 1.41. The van der Waals surface area contributed by atoms with E-state index in [4.69, 9.17) is 4.74 Å². The molecule has 0 unspecified atom stereocenters. The Morgan fingerprint density at radius 1 is 1.50 bits per heavy atom. The van der Waals surface area contributed by atoms with Gasteiger partial charge in [0.1, 0.15) is 11.8 Å². The molecule has 1 fully saturated rings. The molecule has 104 valence electrons. The minimum absolute atomic E-state index is 0.101. The molecule has 3 rings (SSSR count). The molecule has 2 aromatic rings. The summed E-state index contributed by atoms with van der Waals surface area (Å²) in [6.07, 6.45) is 3.37. The van der Waals surface area contributed by atoms with Crippen molar-refractivity contribution in [1.82, 2.24) is 9.55 Å². The van der Waals surface area contributed by atoms with Crippen LogP contribution in [0.25, 0.3) is 11.0 Å². The lowest BCUT2D eigenvalue weighted by Crippen LogP contribution is -2.23. The molecule has 2 heterocycles. The molecular weight excluding hydrogens is 262 g/mol. The molecule has 2 aromatic heterocycles. The summed E-state index contributed by atoms with van der Waals surface area (Å²) in [5.74, 6) is 0.667. The second-order valence-corrected chi connectivity index (χ2v) is 4.94. The second kappa shape index (κ2) is 4.59. The maximum Gasteiger partial charge on any atom is 0.294 e. The molecule has 0 aliphatic heterocycles. The number of hydrogen-bond acceptors (Lipinski definition) is 5. The Hall–Kier alpha value is -2.44. The first kappa shape index (κ1) is 12.6. The summed E-state index contributed by atoms with van der Waals surface area (Å²) in [5.41, 5.74) is 0.123. The monoisotopic (exact) mass is 275 g/mol. The molecule has 0 radical (unpaired) electrons. The Kier molecular flexibility index (Phi) is 2.89. The average Bonchev–Trinajstić information content (AvgIpc) is 3.25. The van der Waals surface area contributed by atoms with Crippen molar-refractivity contribution in [1.29, 1.82) is 0 Å². The van der Waals surface area contributed by atoms with Crippen molar-refractivity contribution in [3.63, 3.8) is 0 Å². The number of aromatic nitrogens is 2. The van der Waals surface area contributed by atoms with Crippen LogP contribution in [0, 0.1) is 16.0 Å². The minimum atomic E-state index is -0.505. The van der Waals surface area contributed by atoms with Crippen molar-refractivity contribution in [2.75, 3.05) is 7.11 Å². The van der Waals surface area contributed by atoms with E-state index in [0.29, 0.717) is 23.5 Å². The molecule has 1 saturated carbocycles. The first-order chi connectivity index (χ1) is 9.60. The fraction of sp³-hybridized carbons (Fsp3) is 0.385. The van der Waals surface area contributed by atoms with E-state index >= 15 is 0 Å². The van der Waals surface area contributed by atoms with Gasteiger partial charge in [0.05, 0.1) is 12.0 Å². The highest BCUT2D eigenvalue weighted by Crippen LogP contribution is 2.31. The third-order valence-electron chi connectivity index (χ3n) is 3.45. The van der Waals surface area contributed by atoms with Crippen LogP contribution in [-0.2, 0) is 6.54 Å². The predicted octanol–water partition coefficient (Wildman–Crippen LogP) is 1.72. The van der Waals surface area contributed by atoms with E-state index in [-0.39, 0.29) is 17.0 Å². The summed E-state index contributed by atoms with van der Waals surface area (Å²) in [6.45, 7) is 0.581. The van der Waals surface area contributed by atoms with Crippen LogP contribution < -0.4 is 10.3 Å². The third-order valence-corrected chi connectivity index (χ3v) is 3.45. The quantitative estimate of drug-likeness (QED) is 0.626. The van der Waals surface area contributed by atoms with Gasteiger partial charge in [-0.2, -0.15) is 0 Å². The molecule has 1 aliphatic rings. The topological polar surface area (TPSA) is 87.3 Å². The molecule has 0 bridgehead atoms. The Balaban J connectivity index is 2.24.